The zero-order chi connectivity index (χ0) is 25.2. The molecule has 4 rings (SSSR count). The van der Waals surface area contributed by atoms with Gasteiger partial charge in [0.25, 0.3) is 0 Å². The van der Waals surface area contributed by atoms with Gasteiger partial charge in [0, 0.05) is 11.5 Å². The lowest BCUT2D eigenvalue weighted by Gasteiger charge is -2.40. The first-order chi connectivity index (χ1) is 15.6. The van der Waals surface area contributed by atoms with Crippen molar-refractivity contribution < 1.29 is 45.6 Å². The normalized spacial score (nSPS) is 30.5. The zero-order valence-electron chi connectivity index (χ0n) is 18.7. The molecule has 1 aliphatic heterocycles. The van der Waals surface area contributed by atoms with Crippen LogP contribution in [0.15, 0.2) is 30.3 Å². The van der Waals surface area contributed by atoms with Gasteiger partial charge in [0.2, 0.25) is 5.91 Å². The summed E-state index contributed by atoms with van der Waals surface area (Å²) in [5.41, 5.74) is -0.391. The van der Waals surface area contributed by atoms with Crippen LogP contribution in [0.1, 0.15) is 37.6 Å². The van der Waals surface area contributed by atoms with E-state index < -0.39 is 69.4 Å². The van der Waals surface area contributed by atoms with Crippen LogP contribution >= 0.6 is 0 Å². The van der Waals surface area contributed by atoms with E-state index in [0.717, 1.165) is 0 Å². The number of esters is 2. The molecule has 1 heterocycles. The summed E-state index contributed by atoms with van der Waals surface area (Å²) in [6.07, 6.45) is -0.534. The number of alkyl halides is 2. The third kappa shape index (κ3) is 3.86. The number of nitrogens with zero attached hydrogens (tertiary/aromatic N) is 1. The van der Waals surface area contributed by atoms with Crippen LogP contribution in [-0.2, 0) is 29.2 Å². The van der Waals surface area contributed by atoms with Crippen molar-refractivity contribution in [2.75, 3.05) is 6.61 Å². The van der Waals surface area contributed by atoms with Gasteiger partial charge in [0.1, 0.15) is 6.10 Å². The van der Waals surface area contributed by atoms with E-state index in [-0.39, 0.29) is 17.4 Å². The van der Waals surface area contributed by atoms with Crippen molar-refractivity contribution in [1.82, 2.24) is 4.90 Å². The molecule has 1 saturated heterocycles. The first-order valence-corrected chi connectivity index (χ1v) is 12.2. The fraction of sp³-hybridized carbons (Fsp3) is 0.591. The van der Waals surface area contributed by atoms with Crippen molar-refractivity contribution in [2.45, 2.75) is 50.1 Å². The van der Waals surface area contributed by atoms with Gasteiger partial charge in [0.05, 0.1) is 23.4 Å². The summed E-state index contributed by atoms with van der Waals surface area (Å²) in [6.45, 7) is 3.53. The van der Waals surface area contributed by atoms with Crippen LogP contribution in [0.3, 0.4) is 0 Å². The van der Waals surface area contributed by atoms with Gasteiger partial charge in [-0.2, -0.15) is 17.2 Å². The van der Waals surface area contributed by atoms with Crippen LogP contribution in [-0.4, -0.2) is 65.3 Å². The maximum absolute atomic E-state index is 13.6. The third-order valence-corrected chi connectivity index (χ3v) is 7.75. The Morgan fingerprint density at radius 3 is 2.32 bits per heavy atom. The second-order valence-corrected chi connectivity index (χ2v) is 11.5. The molecule has 2 bridgehead atoms. The van der Waals surface area contributed by atoms with E-state index >= 15 is 0 Å². The van der Waals surface area contributed by atoms with Gasteiger partial charge in [-0.3, -0.25) is 14.1 Å². The van der Waals surface area contributed by atoms with E-state index in [1.807, 2.05) is 0 Å². The highest BCUT2D eigenvalue weighted by atomic mass is 32.2. The highest BCUT2D eigenvalue weighted by molar-refractivity contribution is 7.86. The topological polar surface area (TPSA) is 127 Å². The number of rotatable bonds is 6. The number of carbonyl (C=O) groups excluding carboxylic acids is 3. The van der Waals surface area contributed by atoms with Crippen molar-refractivity contribution in [3.63, 3.8) is 0 Å². The molecule has 2 aliphatic carbocycles. The molecular weight excluding hydrogens is 476 g/mol. The first-order valence-electron chi connectivity index (χ1n) is 10.8. The zero-order valence-corrected chi connectivity index (χ0v) is 19.5. The highest BCUT2D eigenvalue weighted by Gasteiger charge is 2.72. The van der Waals surface area contributed by atoms with Crippen molar-refractivity contribution in [2.24, 2.45) is 23.7 Å². The van der Waals surface area contributed by atoms with Gasteiger partial charge in [-0.25, -0.2) is 4.79 Å². The van der Waals surface area contributed by atoms with E-state index in [0.29, 0.717) is 6.42 Å². The first kappa shape index (κ1) is 24.5. The Kier molecular flexibility index (Phi) is 5.75. The Labute approximate surface area is 195 Å². The minimum absolute atomic E-state index is 0.278. The number of carbonyl (C=O) groups is 3. The van der Waals surface area contributed by atoms with Crippen molar-refractivity contribution in [3.8, 4) is 0 Å². The van der Waals surface area contributed by atoms with Gasteiger partial charge in [0.15, 0.2) is 6.61 Å². The SMILES string of the molecule is CC(C)(C)N1C(=O)C2C3CC(C(OC(=O)c4ccccc4)C31)C2C(=O)OCC(F)(F)S(=O)(=O)O. The van der Waals surface area contributed by atoms with Gasteiger partial charge in [-0.15, -0.1) is 0 Å². The summed E-state index contributed by atoms with van der Waals surface area (Å²) in [5, 5.41) is -4.70. The lowest BCUT2D eigenvalue weighted by Crippen LogP contribution is -2.53. The number of halogens is 2. The molecule has 0 aromatic heterocycles. The van der Waals surface area contributed by atoms with Crippen LogP contribution in [0.2, 0.25) is 0 Å². The number of benzene rings is 1. The molecule has 1 amide bonds. The van der Waals surface area contributed by atoms with Crippen molar-refractivity contribution in [1.29, 1.82) is 0 Å². The van der Waals surface area contributed by atoms with E-state index in [9.17, 15) is 31.6 Å². The van der Waals surface area contributed by atoms with E-state index in [4.69, 9.17) is 9.29 Å². The molecule has 12 heteroatoms. The molecule has 3 fully saturated rings. The average Bonchev–Trinajstić information content (AvgIpc) is 3.34. The molecule has 0 radical (unpaired) electrons. The van der Waals surface area contributed by atoms with E-state index in [1.54, 1.807) is 56.0 Å². The molecule has 3 aliphatic rings. The fourth-order valence-electron chi connectivity index (χ4n) is 5.66. The van der Waals surface area contributed by atoms with E-state index in [1.165, 1.54) is 0 Å². The smallest absolute Gasteiger partial charge is 0.402 e. The number of hydrogen-bond donors (Lipinski definition) is 1. The van der Waals surface area contributed by atoms with Gasteiger partial charge >= 0.3 is 27.3 Å². The summed E-state index contributed by atoms with van der Waals surface area (Å²) in [5.74, 6) is -5.27. The molecule has 1 aromatic carbocycles. The van der Waals surface area contributed by atoms with Gasteiger partial charge in [-0.1, -0.05) is 18.2 Å². The number of fused-ring (bicyclic) bond motifs is 1. The Bertz CT molecular complexity index is 1120. The van der Waals surface area contributed by atoms with Crippen LogP contribution in [0.4, 0.5) is 8.78 Å². The predicted octanol–water partition coefficient (Wildman–Crippen LogP) is 2.13. The molecule has 9 nitrogen and oxygen atoms in total. The van der Waals surface area contributed by atoms with Gasteiger partial charge < -0.3 is 14.4 Å². The highest BCUT2D eigenvalue weighted by Crippen LogP contribution is 2.61. The summed E-state index contributed by atoms with van der Waals surface area (Å²) < 4.78 is 68.0. The molecule has 34 heavy (non-hydrogen) atoms. The summed E-state index contributed by atoms with van der Waals surface area (Å²) in [7, 11) is -5.79. The van der Waals surface area contributed by atoms with Crippen LogP contribution in [0.5, 0.6) is 0 Å². The number of hydrogen-bond acceptors (Lipinski definition) is 7. The number of likely N-dealkylation sites (tertiary alicyclic amines) is 1. The molecule has 2 saturated carbocycles. The monoisotopic (exact) mass is 501 g/mol. The van der Waals surface area contributed by atoms with Gasteiger partial charge in [-0.05, 0) is 45.2 Å². The van der Waals surface area contributed by atoms with E-state index in [2.05, 4.69) is 4.74 Å². The molecule has 1 aromatic rings. The Morgan fingerprint density at radius 2 is 1.76 bits per heavy atom. The maximum Gasteiger partial charge on any atom is 0.402 e. The quantitative estimate of drug-likeness (QED) is 0.464. The van der Waals surface area contributed by atoms with Crippen LogP contribution in [0, 0.1) is 23.7 Å². The van der Waals surface area contributed by atoms with Crippen LogP contribution < -0.4 is 0 Å². The minimum Gasteiger partial charge on any atom is -0.458 e. The molecular formula is C22H25F2NO8S. The molecule has 0 spiro atoms. The number of ether oxygens (including phenoxy) is 2. The minimum atomic E-state index is -5.79. The average molecular weight is 502 g/mol. The summed E-state index contributed by atoms with van der Waals surface area (Å²) in [6, 6.07) is 7.67. The molecule has 6 atom stereocenters. The second-order valence-electron chi connectivity index (χ2n) is 9.94. The predicted molar refractivity (Wildman–Crippen MR) is 112 cm³/mol. The Hall–Kier alpha value is -2.60. The lowest BCUT2D eigenvalue weighted by atomic mass is 9.78. The third-order valence-electron chi connectivity index (χ3n) is 6.88. The maximum atomic E-state index is 13.6. The molecule has 6 unspecified atom stereocenters. The lowest BCUT2D eigenvalue weighted by molar-refractivity contribution is -0.161. The Balaban J connectivity index is 1.63. The largest absolute Gasteiger partial charge is 0.458 e. The standard InChI is InChI=1S/C22H25F2NO8S/c1-21(2,3)25-16-12-9-13(17(16)33-19(27)11-7-5-4-6-8-11)15(14(12)18(25)26)20(28)32-10-22(23,24)34(29,30)31/h4-8,12-17H,9-10H2,1-3H3,(H,29,30,31). The molecule has 186 valence electrons. The summed E-state index contributed by atoms with van der Waals surface area (Å²) in [4.78, 5) is 40.6. The van der Waals surface area contributed by atoms with Crippen molar-refractivity contribution in [3.05, 3.63) is 35.9 Å². The second kappa shape index (κ2) is 7.98. The van der Waals surface area contributed by atoms with Crippen molar-refractivity contribution >= 4 is 28.0 Å². The molecule has 1 N–H and O–H groups in total. The number of amides is 1. The summed E-state index contributed by atoms with van der Waals surface area (Å²) >= 11 is 0. The van der Waals surface area contributed by atoms with Crippen LogP contribution in [0.25, 0.3) is 0 Å². The Morgan fingerprint density at radius 1 is 1.15 bits per heavy atom. The fourth-order valence-corrected chi connectivity index (χ4v) is 5.87.